The van der Waals surface area contributed by atoms with Gasteiger partial charge in [0.05, 0.1) is 17.9 Å². The molecular weight excluding hydrogens is 372 g/mol. The largest absolute Gasteiger partial charge is 0.491 e. The van der Waals surface area contributed by atoms with Crippen molar-refractivity contribution in [3.05, 3.63) is 59.7 Å². The molecule has 0 heterocycles. The van der Waals surface area contributed by atoms with Crippen molar-refractivity contribution in [2.75, 3.05) is 45.4 Å². The van der Waals surface area contributed by atoms with E-state index in [0.29, 0.717) is 62.0 Å². The predicted octanol–water partition coefficient (Wildman–Crippen LogP) is 3.12. The standard InChI is InChI=1S/C22H28N2O5/c1-3-28-14-15-29-18-9-6-8-17(16-18)21(25)24-20-11-5-4-10-19(20)22(26)23-12-7-13-27-2/h4-6,8-11,16H,3,7,12-15H2,1-2H3,(H,23,26)(H,24,25). The Morgan fingerprint density at radius 2 is 1.79 bits per heavy atom. The lowest BCUT2D eigenvalue weighted by Crippen LogP contribution is -2.26. The van der Waals surface area contributed by atoms with E-state index in [0.717, 1.165) is 0 Å². The summed E-state index contributed by atoms with van der Waals surface area (Å²) in [5.41, 5.74) is 1.29. The number of nitrogens with one attached hydrogen (secondary N) is 2. The Labute approximate surface area is 171 Å². The Balaban J connectivity index is 2.01. The first-order valence-electron chi connectivity index (χ1n) is 9.63. The minimum absolute atomic E-state index is 0.245. The lowest BCUT2D eigenvalue weighted by Gasteiger charge is -2.12. The third-order valence-corrected chi connectivity index (χ3v) is 4.03. The van der Waals surface area contributed by atoms with Crippen LogP contribution in [0.3, 0.4) is 0 Å². The molecule has 2 rings (SSSR count). The van der Waals surface area contributed by atoms with Gasteiger partial charge in [0.2, 0.25) is 0 Å². The zero-order chi connectivity index (χ0) is 20.9. The minimum Gasteiger partial charge on any atom is -0.491 e. The van der Waals surface area contributed by atoms with Crippen LogP contribution in [0, 0.1) is 0 Å². The molecule has 0 bridgehead atoms. The van der Waals surface area contributed by atoms with Crippen LogP contribution in [0.4, 0.5) is 5.69 Å². The monoisotopic (exact) mass is 400 g/mol. The van der Waals surface area contributed by atoms with E-state index in [4.69, 9.17) is 14.2 Å². The van der Waals surface area contributed by atoms with Crippen LogP contribution in [0.2, 0.25) is 0 Å². The number of amides is 2. The number of rotatable bonds is 12. The zero-order valence-corrected chi connectivity index (χ0v) is 16.9. The van der Waals surface area contributed by atoms with E-state index in [-0.39, 0.29) is 11.8 Å². The van der Waals surface area contributed by atoms with Crippen molar-refractivity contribution in [2.24, 2.45) is 0 Å². The molecule has 0 fully saturated rings. The summed E-state index contributed by atoms with van der Waals surface area (Å²) in [4.78, 5) is 25.1. The van der Waals surface area contributed by atoms with Crippen LogP contribution in [-0.2, 0) is 9.47 Å². The smallest absolute Gasteiger partial charge is 0.255 e. The summed E-state index contributed by atoms with van der Waals surface area (Å²) in [6.07, 6.45) is 0.715. The molecule has 7 heteroatoms. The zero-order valence-electron chi connectivity index (χ0n) is 16.9. The second-order valence-electron chi connectivity index (χ2n) is 6.18. The van der Waals surface area contributed by atoms with Crippen molar-refractivity contribution in [2.45, 2.75) is 13.3 Å². The average molecular weight is 400 g/mol. The van der Waals surface area contributed by atoms with Gasteiger partial charge in [-0.15, -0.1) is 0 Å². The van der Waals surface area contributed by atoms with E-state index in [2.05, 4.69) is 10.6 Å². The van der Waals surface area contributed by atoms with Crippen LogP contribution in [0.1, 0.15) is 34.1 Å². The Kier molecular flexibility index (Phi) is 9.68. The molecule has 2 aromatic rings. The molecule has 0 unspecified atom stereocenters. The lowest BCUT2D eigenvalue weighted by molar-refractivity contribution is 0.0949. The Morgan fingerprint density at radius 3 is 2.59 bits per heavy atom. The summed E-state index contributed by atoms with van der Waals surface area (Å²) in [5.74, 6) is 0.0198. The van der Waals surface area contributed by atoms with Gasteiger partial charge in [-0.05, 0) is 43.7 Å². The molecule has 0 saturated heterocycles. The number of para-hydroxylation sites is 1. The number of methoxy groups -OCH3 is 1. The molecule has 0 aliphatic heterocycles. The van der Waals surface area contributed by atoms with Gasteiger partial charge >= 0.3 is 0 Å². The molecule has 29 heavy (non-hydrogen) atoms. The van der Waals surface area contributed by atoms with Crippen molar-refractivity contribution in [1.29, 1.82) is 0 Å². The fraction of sp³-hybridized carbons (Fsp3) is 0.364. The summed E-state index contributed by atoms with van der Waals surface area (Å²) in [6, 6.07) is 13.8. The van der Waals surface area contributed by atoms with Crippen LogP contribution >= 0.6 is 0 Å². The molecule has 7 nitrogen and oxygen atoms in total. The lowest BCUT2D eigenvalue weighted by atomic mass is 10.1. The summed E-state index contributed by atoms with van der Waals surface area (Å²) < 4.78 is 15.8. The third kappa shape index (κ3) is 7.56. The quantitative estimate of drug-likeness (QED) is 0.535. The number of carbonyl (C=O) groups excluding carboxylic acids is 2. The average Bonchev–Trinajstić information content (AvgIpc) is 2.75. The Bertz CT molecular complexity index is 794. The van der Waals surface area contributed by atoms with E-state index in [1.807, 2.05) is 6.92 Å². The first-order valence-corrected chi connectivity index (χ1v) is 9.63. The van der Waals surface area contributed by atoms with Crippen LogP contribution in [0.25, 0.3) is 0 Å². The normalized spacial score (nSPS) is 10.4. The number of ether oxygens (including phenoxy) is 3. The SMILES string of the molecule is CCOCCOc1cccc(C(=O)Nc2ccccc2C(=O)NCCCOC)c1. The first kappa shape index (κ1) is 22.4. The maximum absolute atomic E-state index is 12.7. The highest BCUT2D eigenvalue weighted by Crippen LogP contribution is 2.18. The Hall–Kier alpha value is -2.90. The van der Waals surface area contributed by atoms with E-state index >= 15 is 0 Å². The van der Waals surface area contributed by atoms with Gasteiger partial charge in [-0.25, -0.2) is 0 Å². The van der Waals surface area contributed by atoms with Gasteiger partial charge in [-0.3, -0.25) is 9.59 Å². The van der Waals surface area contributed by atoms with Crippen molar-refractivity contribution in [3.8, 4) is 5.75 Å². The molecule has 2 N–H and O–H groups in total. The molecule has 0 aliphatic rings. The molecule has 0 spiro atoms. The second-order valence-corrected chi connectivity index (χ2v) is 6.18. The van der Waals surface area contributed by atoms with Crippen molar-refractivity contribution in [1.82, 2.24) is 5.32 Å². The summed E-state index contributed by atoms with van der Waals surface area (Å²) in [6.45, 7) is 4.51. The number of hydrogen-bond donors (Lipinski definition) is 2. The topological polar surface area (TPSA) is 85.9 Å². The summed E-state index contributed by atoms with van der Waals surface area (Å²) in [7, 11) is 1.62. The highest BCUT2D eigenvalue weighted by atomic mass is 16.5. The van der Waals surface area contributed by atoms with Gasteiger partial charge in [-0.2, -0.15) is 0 Å². The van der Waals surface area contributed by atoms with Crippen molar-refractivity contribution in [3.63, 3.8) is 0 Å². The predicted molar refractivity (Wildman–Crippen MR) is 112 cm³/mol. The first-order chi connectivity index (χ1) is 14.2. The van der Waals surface area contributed by atoms with E-state index in [9.17, 15) is 9.59 Å². The van der Waals surface area contributed by atoms with Gasteiger partial charge in [-0.1, -0.05) is 18.2 Å². The maximum atomic E-state index is 12.7. The van der Waals surface area contributed by atoms with Crippen molar-refractivity contribution < 1.29 is 23.8 Å². The molecule has 156 valence electrons. The van der Waals surface area contributed by atoms with Crippen LogP contribution in [0.15, 0.2) is 48.5 Å². The van der Waals surface area contributed by atoms with Gasteiger partial charge < -0.3 is 24.8 Å². The van der Waals surface area contributed by atoms with E-state index in [1.54, 1.807) is 55.6 Å². The molecule has 0 saturated carbocycles. The maximum Gasteiger partial charge on any atom is 0.255 e. The van der Waals surface area contributed by atoms with Crippen LogP contribution in [0.5, 0.6) is 5.75 Å². The van der Waals surface area contributed by atoms with Crippen LogP contribution < -0.4 is 15.4 Å². The van der Waals surface area contributed by atoms with E-state index in [1.165, 1.54) is 0 Å². The summed E-state index contributed by atoms with van der Waals surface area (Å²) in [5, 5.41) is 5.64. The molecule has 0 aliphatic carbocycles. The van der Waals surface area contributed by atoms with Gasteiger partial charge in [0.25, 0.3) is 11.8 Å². The van der Waals surface area contributed by atoms with Gasteiger partial charge in [0.1, 0.15) is 12.4 Å². The molecule has 0 aromatic heterocycles. The number of hydrogen-bond acceptors (Lipinski definition) is 5. The fourth-order valence-corrected chi connectivity index (χ4v) is 2.59. The molecule has 0 radical (unpaired) electrons. The fourth-order valence-electron chi connectivity index (χ4n) is 2.59. The van der Waals surface area contributed by atoms with Crippen LogP contribution in [-0.4, -0.2) is 51.9 Å². The van der Waals surface area contributed by atoms with Gasteiger partial charge in [0.15, 0.2) is 0 Å². The van der Waals surface area contributed by atoms with Crippen molar-refractivity contribution >= 4 is 17.5 Å². The molecular formula is C22H28N2O5. The highest BCUT2D eigenvalue weighted by molar-refractivity contribution is 6.09. The number of carbonyl (C=O) groups is 2. The summed E-state index contributed by atoms with van der Waals surface area (Å²) >= 11 is 0. The third-order valence-electron chi connectivity index (χ3n) is 4.03. The van der Waals surface area contributed by atoms with Gasteiger partial charge in [0, 0.05) is 32.4 Å². The molecule has 0 atom stereocenters. The highest BCUT2D eigenvalue weighted by Gasteiger charge is 2.14. The minimum atomic E-state index is -0.320. The molecule has 2 amide bonds. The number of benzene rings is 2. The molecule has 2 aromatic carbocycles. The second kappa shape index (κ2) is 12.5. The number of anilines is 1. The van der Waals surface area contributed by atoms with E-state index < -0.39 is 0 Å². The Morgan fingerprint density at radius 1 is 0.966 bits per heavy atom.